The molecule has 4 heterocycles. The predicted octanol–water partition coefficient (Wildman–Crippen LogP) is 3.71. The van der Waals surface area contributed by atoms with E-state index in [-0.39, 0.29) is 6.10 Å². The first kappa shape index (κ1) is 22.1. The number of aromatic nitrogens is 4. The normalized spacial score (nSPS) is 26.3. The standard InChI is InChI=1S/C27H35N5O2/c1-17-9-21-15-28-32(27-13-22(29-18(2)30-27)10-19-11-24(33)12-19)26(21)14-25(17)20-3-6-31(7-4-20)23-5-8-34-16-23/h9,13-15,19-20,23-24,33H,3-8,10-12,16H2,1-2H3. The summed E-state index contributed by atoms with van der Waals surface area (Å²) in [4.78, 5) is 12.0. The first-order valence-electron chi connectivity index (χ1n) is 12.9. The van der Waals surface area contributed by atoms with E-state index in [1.165, 1.54) is 30.4 Å². The van der Waals surface area contributed by atoms with Gasteiger partial charge in [0.15, 0.2) is 5.82 Å². The maximum Gasteiger partial charge on any atom is 0.157 e. The SMILES string of the molecule is Cc1nc(CC2CC(O)C2)cc(-n2ncc3cc(C)c(C4CCN(C5CCOC5)CC4)cc32)n1. The lowest BCUT2D eigenvalue weighted by Gasteiger charge is -2.36. The molecule has 2 aromatic heterocycles. The summed E-state index contributed by atoms with van der Waals surface area (Å²) in [6.07, 6.45) is 8.02. The molecule has 7 nitrogen and oxygen atoms in total. The van der Waals surface area contributed by atoms with Gasteiger partial charge < -0.3 is 9.84 Å². The highest BCUT2D eigenvalue weighted by molar-refractivity contribution is 5.82. The summed E-state index contributed by atoms with van der Waals surface area (Å²) >= 11 is 0. The molecule has 1 N–H and O–H groups in total. The highest BCUT2D eigenvalue weighted by Crippen LogP contribution is 2.35. The van der Waals surface area contributed by atoms with Crippen LogP contribution in [-0.2, 0) is 11.2 Å². The van der Waals surface area contributed by atoms with E-state index in [0.29, 0.717) is 17.9 Å². The first-order chi connectivity index (χ1) is 16.5. The Morgan fingerprint density at radius 1 is 1.06 bits per heavy atom. The number of hydrogen-bond acceptors (Lipinski definition) is 6. The summed E-state index contributed by atoms with van der Waals surface area (Å²) in [5, 5.41) is 15.5. The van der Waals surface area contributed by atoms with Crippen molar-refractivity contribution in [1.29, 1.82) is 0 Å². The fraction of sp³-hybridized carbons (Fsp3) is 0.593. The summed E-state index contributed by atoms with van der Waals surface area (Å²) in [5.74, 6) is 2.70. The van der Waals surface area contributed by atoms with Crippen molar-refractivity contribution in [2.24, 2.45) is 5.92 Å². The molecule has 3 aliphatic rings. The Morgan fingerprint density at radius 3 is 2.62 bits per heavy atom. The Morgan fingerprint density at radius 2 is 1.88 bits per heavy atom. The minimum Gasteiger partial charge on any atom is -0.393 e. The lowest BCUT2D eigenvalue weighted by atomic mass is 9.79. The van der Waals surface area contributed by atoms with Crippen LogP contribution in [0, 0.1) is 19.8 Å². The third kappa shape index (κ3) is 4.25. The highest BCUT2D eigenvalue weighted by Gasteiger charge is 2.30. The Balaban J connectivity index is 1.26. The van der Waals surface area contributed by atoms with Gasteiger partial charge in [0.2, 0.25) is 0 Å². The van der Waals surface area contributed by atoms with Gasteiger partial charge in [-0.1, -0.05) is 0 Å². The van der Waals surface area contributed by atoms with Crippen molar-refractivity contribution >= 4 is 10.9 Å². The highest BCUT2D eigenvalue weighted by atomic mass is 16.5. The van der Waals surface area contributed by atoms with Crippen molar-refractivity contribution in [3.63, 3.8) is 0 Å². The number of aliphatic hydroxyl groups excluding tert-OH is 1. The van der Waals surface area contributed by atoms with Crippen LogP contribution in [0.4, 0.5) is 0 Å². The Hall–Kier alpha value is -2.35. The van der Waals surface area contributed by atoms with Crippen LogP contribution in [0.3, 0.4) is 0 Å². The molecular weight excluding hydrogens is 426 g/mol. The largest absolute Gasteiger partial charge is 0.393 e. The van der Waals surface area contributed by atoms with Gasteiger partial charge in [-0.3, -0.25) is 4.90 Å². The second kappa shape index (κ2) is 9.02. The molecule has 2 aliphatic heterocycles. The number of ether oxygens (including phenoxy) is 1. The van der Waals surface area contributed by atoms with E-state index in [9.17, 15) is 5.11 Å². The van der Waals surface area contributed by atoms with Gasteiger partial charge in [-0.2, -0.15) is 5.10 Å². The number of hydrogen-bond donors (Lipinski definition) is 1. The molecule has 0 spiro atoms. The predicted molar refractivity (Wildman–Crippen MR) is 131 cm³/mol. The molecule has 1 aromatic carbocycles. The lowest BCUT2D eigenvalue weighted by molar-refractivity contribution is 0.0428. The van der Waals surface area contributed by atoms with Crippen LogP contribution in [0.5, 0.6) is 0 Å². The smallest absolute Gasteiger partial charge is 0.157 e. The second-order valence-corrected chi connectivity index (χ2v) is 10.6. The molecule has 2 saturated heterocycles. The maximum absolute atomic E-state index is 9.64. The van der Waals surface area contributed by atoms with E-state index < -0.39 is 0 Å². The Labute approximate surface area is 201 Å². The number of benzene rings is 1. The molecular formula is C27H35N5O2. The van der Waals surface area contributed by atoms with E-state index in [4.69, 9.17) is 14.8 Å². The molecule has 7 heteroatoms. The second-order valence-electron chi connectivity index (χ2n) is 10.6. The van der Waals surface area contributed by atoms with Crippen LogP contribution in [0.1, 0.15) is 60.7 Å². The number of fused-ring (bicyclic) bond motifs is 1. The van der Waals surface area contributed by atoms with Gasteiger partial charge in [-0.05, 0) is 101 Å². The minimum atomic E-state index is -0.137. The summed E-state index contributed by atoms with van der Waals surface area (Å²) in [6.45, 7) is 8.31. The lowest BCUT2D eigenvalue weighted by Crippen LogP contribution is -2.41. The van der Waals surface area contributed by atoms with Gasteiger partial charge in [-0.25, -0.2) is 14.6 Å². The van der Waals surface area contributed by atoms with Crippen LogP contribution in [0.15, 0.2) is 24.4 Å². The summed E-state index contributed by atoms with van der Waals surface area (Å²) in [5.41, 5.74) is 4.97. The number of rotatable bonds is 5. The molecule has 6 rings (SSSR count). The number of piperidine rings is 1. The molecule has 3 fully saturated rings. The van der Waals surface area contributed by atoms with Crippen molar-refractivity contribution in [1.82, 2.24) is 24.6 Å². The van der Waals surface area contributed by atoms with Crippen molar-refractivity contribution in [2.75, 3.05) is 26.3 Å². The van der Waals surface area contributed by atoms with E-state index in [1.54, 1.807) is 0 Å². The van der Waals surface area contributed by atoms with Crippen molar-refractivity contribution in [3.05, 3.63) is 47.0 Å². The maximum atomic E-state index is 9.64. The summed E-state index contributed by atoms with van der Waals surface area (Å²) in [6, 6.07) is 7.34. The molecule has 180 valence electrons. The van der Waals surface area contributed by atoms with Gasteiger partial charge in [0.25, 0.3) is 0 Å². The fourth-order valence-corrected chi connectivity index (χ4v) is 6.20. The van der Waals surface area contributed by atoms with Crippen LogP contribution < -0.4 is 0 Å². The summed E-state index contributed by atoms with van der Waals surface area (Å²) in [7, 11) is 0. The molecule has 0 radical (unpaired) electrons. The molecule has 1 saturated carbocycles. The zero-order chi connectivity index (χ0) is 23.2. The molecule has 0 amide bonds. The quantitative estimate of drug-likeness (QED) is 0.624. The first-order valence-corrected chi connectivity index (χ1v) is 12.9. The molecule has 1 unspecified atom stereocenters. The van der Waals surface area contributed by atoms with Crippen LogP contribution in [0.25, 0.3) is 16.7 Å². The van der Waals surface area contributed by atoms with Crippen molar-refractivity contribution < 1.29 is 9.84 Å². The van der Waals surface area contributed by atoms with Gasteiger partial charge in [0.05, 0.1) is 24.4 Å². The third-order valence-corrected chi connectivity index (χ3v) is 8.15. The molecule has 0 bridgehead atoms. The minimum absolute atomic E-state index is 0.137. The van der Waals surface area contributed by atoms with Crippen molar-refractivity contribution in [3.8, 4) is 5.82 Å². The van der Waals surface area contributed by atoms with Gasteiger partial charge in [-0.15, -0.1) is 0 Å². The van der Waals surface area contributed by atoms with Gasteiger partial charge in [0, 0.05) is 29.8 Å². The average molecular weight is 462 g/mol. The number of nitrogens with zero attached hydrogens (tertiary/aromatic N) is 5. The van der Waals surface area contributed by atoms with E-state index in [0.717, 1.165) is 73.8 Å². The third-order valence-electron chi connectivity index (χ3n) is 8.15. The molecule has 1 atom stereocenters. The van der Waals surface area contributed by atoms with Crippen LogP contribution in [-0.4, -0.2) is 68.2 Å². The van der Waals surface area contributed by atoms with Gasteiger partial charge >= 0.3 is 0 Å². The van der Waals surface area contributed by atoms with E-state index in [1.807, 2.05) is 17.8 Å². The zero-order valence-corrected chi connectivity index (χ0v) is 20.3. The van der Waals surface area contributed by atoms with Crippen LogP contribution >= 0.6 is 0 Å². The summed E-state index contributed by atoms with van der Waals surface area (Å²) < 4.78 is 7.60. The van der Waals surface area contributed by atoms with E-state index in [2.05, 4.69) is 35.0 Å². The van der Waals surface area contributed by atoms with E-state index >= 15 is 0 Å². The topological polar surface area (TPSA) is 76.3 Å². The van der Waals surface area contributed by atoms with Crippen molar-refractivity contribution in [2.45, 2.75) is 70.4 Å². The Bertz CT molecular complexity index is 1170. The van der Waals surface area contributed by atoms with Gasteiger partial charge in [0.1, 0.15) is 5.82 Å². The number of aliphatic hydroxyl groups is 1. The monoisotopic (exact) mass is 461 g/mol. The molecule has 1 aliphatic carbocycles. The molecule has 3 aromatic rings. The fourth-order valence-electron chi connectivity index (χ4n) is 6.20. The zero-order valence-electron chi connectivity index (χ0n) is 20.3. The average Bonchev–Trinajstić information content (AvgIpc) is 3.47. The molecule has 34 heavy (non-hydrogen) atoms. The van der Waals surface area contributed by atoms with Crippen LogP contribution in [0.2, 0.25) is 0 Å². The number of aryl methyl sites for hydroxylation is 2. The number of likely N-dealkylation sites (tertiary alicyclic amines) is 1. The Kier molecular flexibility index (Phi) is 5.87.